The molecule has 0 amide bonds. The van der Waals surface area contributed by atoms with Crippen molar-refractivity contribution in [2.24, 2.45) is 10.7 Å². The van der Waals surface area contributed by atoms with Crippen molar-refractivity contribution in [2.75, 3.05) is 13.5 Å². The maximum absolute atomic E-state index is 14.6. The van der Waals surface area contributed by atoms with Crippen LogP contribution in [0.25, 0.3) is 0 Å². The van der Waals surface area contributed by atoms with Crippen LogP contribution >= 0.6 is 0 Å². The van der Waals surface area contributed by atoms with Gasteiger partial charge < -0.3 is 15.2 Å². The lowest BCUT2D eigenvalue weighted by molar-refractivity contribution is -0.209. The zero-order valence-corrected chi connectivity index (χ0v) is 16.2. The first-order valence-electron chi connectivity index (χ1n) is 9.05. The standard InChI is InChI=1S/C19H16F6N4O3/c20-8-18(5-15(19(23,24)25)32-17(26)29-18)11-3-10(1-2-12(11)22)4-14(30)13-6-28-16(7-27-13)31-9-21/h1-3,6-7,15H,4-5,8-9H2,(H2,26,29)/t15-,18+/m0/s1. The van der Waals surface area contributed by atoms with Crippen LogP contribution in [0.1, 0.15) is 28.0 Å². The number of hydrogen-bond acceptors (Lipinski definition) is 7. The molecule has 0 bridgehead atoms. The first-order chi connectivity index (χ1) is 15.1. The number of Topliss-reactive ketones (excluding diaryl/α,β-unsaturated/α-hetero) is 1. The van der Waals surface area contributed by atoms with Gasteiger partial charge in [0.15, 0.2) is 11.9 Å². The molecule has 32 heavy (non-hydrogen) atoms. The highest BCUT2D eigenvalue weighted by molar-refractivity contribution is 5.95. The molecule has 0 fully saturated rings. The Bertz CT molecular complexity index is 1020. The van der Waals surface area contributed by atoms with E-state index in [-0.39, 0.29) is 23.6 Å². The minimum atomic E-state index is -4.89. The second-order valence-electron chi connectivity index (χ2n) is 6.87. The number of alkyl halides is 5. The Balaban J connectivity index is 1.90. The summed E-state index contributed by atoms with van der Waals surface area (Å²) in [7, 11) is 0. The lowest BCUT2D eigenvalue weighted by atomic mass is 9.83. The summed E-state index contributed by atoms with van der Waals surface area (Å²) in [6, 6.07) is 2.23. The van der Waals surface area contributed by atoms with Crippen LogP contribution in [0.3, 0.4) is 0 Å². The second-order valence-corrected chi connectivity index (χ2v) is 6.87. The van der Waals surface area contributed by atoms with Crippen molar-refractivity contribution in [3.05, 3.63) is 53.2 Å². The monoisotopic (exact) mass is 462 g/mol. The normalized spacial score (nSPS) is 20.9. The predicted octanol–water partition coefficient (Wildman–Crippen LogP) is 3.18. The highest BCUT2D eigenvalue weighted by atomic mass is 19.4. The topological polar surface area (TPSA) is 99.7 Å². The first-order valence-corrected chi connectivity index (χ1v) is 9.05. The smallest absolute Gasteiger partial charge is 0.425 e. The Morgan fingerprint density at radius 2 is 2.00 bits per heavy atom. The molecule has 2 N–H and O–H groups in total. The summed E-state index contributed by atoms with van der Waals surface area (Å²) in [4.78, 5) is 23.6. The number of benzene rings is 1. The molecule has 0 radical (unpaired) electrons. The third-order valence-electron chi connectivity index (χ3n) is 4.71. The molecule has 172 valence electrons. The molecule has 0 spiro atoms. The van der Waals surface area contributed by atoms with Crippen LogP contribution in [0, 0.1) is 5.82 Å². The maximum Gasteiger partial charge on any atom is 0.425 e. The predicted molar refractivity (Wildman–Crippen MR) is 97.9 cm³/mol. The number of nitrogens with zero attached hydrogens (tertiary/aromatic N) is 3. The molecular weight excluding hydrogens is 446 g/mol. The van der Waals surface area contributed by atoms with Gasteiger partial charge in [-0.2, -0.15) is 13.2 Å². The number of hydrogen-bond donors (Lipinski definition) is 1. The first kappa shape index (κ1) is 23.3. The molecule has 1 aliphatic rings. The summed E-state index contributed by atoms with van der Waals surface area (Å²) < 4.78 is 89.2. The Morgan fingerprint density at radius 3 is 2.59 bits per heavy atom. The number of halogens is 6. The van der Waals surface area contributed by atoms with E-state index in [1.165, 1.54) is 6.07 Å². The summed E-state index contributed by atoms with van der Waals surface area (Å²) in [5.74, 6) is -1.75. The molecule has 3 rings (SSSR count). The molecule has 1 aromatic carbocycles. The molecule has 0 aliphatic carbocycles. The van der Waals surface area contributed by atoms with Crippen LogP contribution in [0.5, 0.6) is 5.88 Å². The Hall–Kier alpha value is -3.38. The van der Waals surface area contributed by atoms with Crippen molar-refractivity contribution in [3.8, 4) is 5.88 Å². The Labute approximate surface area is 177 Å². The van der Waals surface area contributed by atoms with E-state index < -0.39 is 61.0 Å². The second kappa shape index (κ2) is 9.01. The largest absolute Gasteiger partial charge is 0.452 e. The lowest BCUT2D eigenvalue weighted by Gasteiger charge is -2.36. The van der Waals surface area contributed by atoms with E-state index in [1.54, 1.807) is 0 Å². The van der Waals surface area contributed by atoms with Crippen LogP contribution < -0.4 is 10.5 Å². The maximum atomic E-state index is 14.6. The third kappa shape index (κ3) is 4.92. The van der Waals surface area contributed by atoms with E-state index in [4.69, 9.17) is 5.73 Å². The van der Waals surface area contributed by atoms with Crippen molar-refractivity contribution >= 4 is 11.8 Å². The van der Waals surface area contributed by atoms with Crippen LogP contribution in [-0.4, -0.2) is 47.6 Å². The van der Waals surface area contributed by atoms with Crippen molar-refractivity contribution in [1.82, 2.24) is 9.97 Å². The molecular formula is C19H16F6N4O3. The van der Waals surface area contributed by atoms with Crippen molar-refractivity contribution in [1.29, 1.82) is 0 Å². The van der Waals surface area contributed by atoms with E-state index >= 15 is 0 Å². The van der Waals surface area contributed by atoms with Gasteiger partial charge in [0.1, 0.15) is 23.7 Å². The number of ether oxygens (including phenoxy) is 2. The van der Waals surface area contributed by atoms with Gasteiger partial charge in [0.25, 0.3) is 6.02 Å². The van der Waals surface area contributed by atoms with Crippen LogP contribution in [0.4, 0.5) is 26.3 Å². The number of ketones is 1. The van der Waals surface area contributed by atoms with Gasteiger partial charge in [-0.05, 0) is 17.7 Å². The minimum Gasteiger partial charge on any atom is -0.452 e. The van der Waals surface area contributed by atoms with Gasteiger partial charge in [0.05, 0.1) is 12.4 Å². The fourth-order valence-corrected chi connectivity index (χ4v) is 3.19. The Kier molecular flexibility index (Phi) is 6.55. The number of nitrogens with two attached hydrogens (primary N) is 1. The van der Waals surface area contributed by atoms with Gasteiger partial charge in [0.2, 0.25) is 12.7 Å². The molecule has 2 aromatic rings. The molecule has 1 aliphatic heterocycles. The molecule has 2 atom stereocenters. The Morgan fingerprint density at radius 1 is 1.25 bits per heavy atom. The summed E-state index contributed by atoms with van der Waals surface area (Å²) >= 11 is 0. The van der Waals surface area contributed by atoms with Gasteiger partial charge in [-0.1, -0.05) is 6.07 Å². The summed E-state index contributed by atoms with van der Waals surface area (Å²) in [6.07, 6.45) is -6.70. The quantitative estimate of drug-likeness (QED) is 0.501. The van der Waals surface area contributed by atoms with E-state index in [2.05, 4.69) is 24.4 Å². The number of amidine groups is 1. The highest BCUT2D eigenvalue weighted by Gasteiger charge is 2.52. The highest BCUT2D eigenvalue weighted by Crippen LogP contribution is 2.41. The van der Waals surface area contributed by atoms with Crippen LogP contribution in [0.15, 0.2) is 35.6 Å². The van der Waals surface area contributed by atoms with Gasteiger partial charge in [-0.25, -0.2) is 28.1 Å². The van der Waals surface area contributed by atoms with Crippen molar-refractivity contribution in [3.63, 3.8) is 0 Å². The molecule has 0 saturated heterocycles. The van der Waals surface area contributed by atoms with Gasteiger partial charge in [-0.15, -0.1) is 0 Å². The van der Waals surface area contributed by atoms with Crippen molar-refractivity contribution < 1.29 is 40.6 Å². The molecule has 2 heterocycles. The molecule has 0 unspecified atom stereocenters. The van der Waals surface area contributed by atoms with Gasteiger partial charge >= 0.3 is 6.18 Å². The summed E-state index contributed by atoms with van der Waals surface area (Å²) in [5, 5.41) is 0. The van der Waals surface area contributed by atoms with Crippen molar-refractivity contribution in [2.45, 2.75) is 30.7 Å². The molecule has 13 heteroatoms. The molecule has 7 nitrogen and oxygen atoms in total. The number of aliphatic imine (C=N–C) groups is 1. The zero-order valence-electron chi connectivity index (χ0n) is 16.2. The van der Waals surface area contributed by atoms with E-state index in [1.807, 2.05) is 0 Å². The molecule has 0 saturated carbocycles. The average molecular weight is 462 g/mol. The number of rotatable bonds is 7. The number of carbonyl (C=O) groups is 1. The van der Waals surface area contributed by atoms with Crippen LogP contribution in [-0.2, 0) is 16.7 Å². The average Bonchev–Trinajstić information content (AvgIpc) is 2.74. The SMILES string of the molecule is NC1=N[C@](CF)(c2cc(CC(=O)c3cnc(OCF)cn3)ccc2F)C[C@@H](C(F)(F)F)O1. The number of aromatic nitrogens is 2. The van der Waals surface area contributed by atoms with Gasteiger partial charge in [-0.3, -0.25) is 4.79 Å². The third-order valence-corrected chi connectivity index (χ3v) is 4.71. The summed E-state index contributed by atoms with van der Waals surface area (Å²) in [5.41, 5.74) is 2.59. The van der Waals surface area contributed by atoms with E-state index in [0.717, 1.165) is 24.5 Å². The zero-order chi connectivity index (χ0) is 23.5. The van der Waals surface area contributed by atoms with Crippen LogP contribution in [0.2, 0.25) is 0 Å². The molecule has 1 aromatic heterocycles. The fourth-order valence-electron chi connectivity index (χ4n) is 3.19. The van der Waals surface area contributed by atoms with E-state index in [9.17, 15) is 31.1 Å². The summed E-state index contributed by atoms with van der Waals surface area (Å²) in [6.45, 7) is -2.62. The lowest BCUT2D eigenvalue weighted by Crippen LogP contribution is -2.48. The minimum absolute atomic E-state index is 0.118. The van der Waals surface area contributed by atoms with E-state index in [0.29, 0.717) is 0 Å². The van der Waals surface area contributed by atoms with Gasteiger partial charge in [0, 0.05) is 18.4 Å². The number of carbonyl (C=O) groups excluding carboxylic acids is 1. The fraction of sp³-hybridized carbons (Fsp3) is 0.368.